The van der Waals surface area contributed by atoms with Gasteiger partial charge in [-0.2, -0.15) is 0 Å². The highest BCUT2D eigenvalue weighted by molar-refractivity contribution is 5.75. The van der Waals surface area contributed by atoms with Crippen LogP contribution < -0.4 is 5.32 Å². The van der Waals surface area contributed by atoms with E-state index in [2.05, 4.69) is 27.3 Å². The third-order valence-corrected chi connectivity index (χ3v) is 4.48. The molecule has 130 valence electrons. The molecule has 6 heteroatoms. The highest BCUT2D eigenvalue weighted by atomic mass is 16.4. The Kier molecular flexibility index (Phi) is 7.02. The molecule has 0 aromatic carbocycles. The normalized spacial score (nSPS) is 19.2. The zero-order valence-electron chi connectivity index (χ0n) is 14.7. The standard InChI is InChI=1S/C17H30N4O2/c1-4-14-7-5-6-11-21(14)12-10-18-15(22)8-9-16-19-20-17(23-16)13(2)3/h13-14H,4-12H2,1-3H3,(H,18,22)/t14-/m1/s1. The van der Waals surface area contributed by atoms with Crippen LogP contribution in [0.5, 0.6) is 0 Å². The van der Waals surface area contributed by atoms with Gasteiger partial charge in [0, 0.05) is 37.9 Å². The van der Waals surface area contributed by atoms with Gasteiger partial charge >= 0.3 is 0 Å². The van der Waals surface area contributed by atoms with Crippen LogP contribution in [0.3, 0.4) is 0 Å². The zero-order chi connectivity index (χ0) is 16.7. The first kappa shape index (κ1) is 17.9. The molecular weight excluding hydrogens is 292 g/mol. The van der Waals surface area contributed by atoms with Crippen molar-refractivity contribution in [1.29, 1.82) is 0 Å². The second-order valence-electron chi connectivity index (χ2n) is 6.63. The van der Waals surface area contributed by atoms with Gasteiger partial charge in [-0.25, -0.2) is 0 Å². The van der Waals surface area contributed by atoms with Gasteiger partial charge in [-0.1, -0.05) is 27.2 Å². The SMILES string of the molecule is CC[C@@H]1CCCCN1CCNC(=O)CCc1nnc(C(C)C)o1. The van der Waals surface area contributed by atoms with Crippen molar-refractivity contribution in [3.63, 3.8) is 0 Å². The fourth-order valence-corrected chi connectivity index (χ4v) is 3.07. The molecule has 0 saturated carbocycles. The molecule has 0 bridgehead atoms. The summed E-state index contributed by atoms with van der Waals surface area (Å²) in [6.07, 6.45) is 6.01. The van der Waals surface area contributed by atoms with Gasteiger partial charge in [-0.15, -0.1) is 10.2 Å². The number of amides is 1. The van der Waals surface area contributed by atoms with Crippen molar-refractivity contribution in [2.24, 2.45) is 0 Å². The highest BCUT2D eigenvalue weighted by Gasteiger charge is 2.20. The highest BCUT2D eigenvalue weighted by Crippen LogP contribution is 2.18. The lowest BCUT2D eigenvalue weighted by molar-refractivity contribution is -0.121. The van der Waals surface area contributed by atoms with E-state index in [1.54, 1.807) is 0 Å². The number of rotatable bonds is 8. The Morgan fingerprint density at radius 3 is 2.91 bits per heavy atom. The lowest BCUT2D eigenvalue weighted by Crippen LogP contribution is -2.43. The van der Waals surface area contributed by atoms with Crippen molar-refractivity contribution >= 4 is 5.91 Å². The van der Waals surface area contributed by atoms with Crippen LogP contribution in [-0.2, 0) is 11.2 Å². The van der Waals surface area contributed by atoms with E-state index in [0.717, 1.165) is 19.6 Å². The Hall–Kier alpha value is -1.43. The molecule has 2 heterocycles. The molecule has 1 aromatic heterocycles. The predicted octanol–water partition coefficient (Wildman–Crippen LogP) is 2.51. The van der Waals surface area contributed by atoms with Crippen LogP contribution in [0.1, 0.15) is 70.6 Å². The van der Waals surface area contributed by atoms with Crippen LogP contribution >= 0.6 is 0 Å². The van der Waals surface area contributed by atoms with Gasteiger partial charge in [0.2, 0.25) is 17.7 Å². The lowest BCUT2D eigenvalue weighted by Gasteiger charge is -2.35. The maximum absolute atomic E-state index is 11.9. The fourth-order valence-electron chi connectivity index (χ4n) is 3.07. The molecule has 1 aliphatic rings. The molecule has 2 rings (SSSR count). The van der Waals surface area contributed by atoms with Crippen LogP contribution in [0.2, 0.25) is 0 Å². The third kappa shape index (κ3) is 5.61. The zero-order valence-corrected chi connectivity index (χ0v) is 14.7. The summed E-state index contributed by atoms with van der Waals surface area (Å²) >= 11 is 0. The summed E-state index contributed by atoms with van der Waals surface area (Å²) in [6, 6.07) is 0.688. The molecule has 1 amide bonds. The van der Waals surface area contributed by atoms with E-state index in [9.17, 15) is 4.79 Å². The largest absolute Gasteiger partial charge is 0.425 e. The van der Waals surface area contributed by atoms with Gasteiger partial charge in [-0.3, -0.25) is 9.69 Å². The van der Waals surface area contributed by atoms with Crippen LogP contribution in [0.15, 0.2) is 4.42 Å². The summed E-state index contributed by atoms with van der Waals surface area (Å²) < 4.78 is 5.51. The molecular formula is C17H30N4O2. The first-order valence-electron chi connectivity index (χ1n) is 8.93. The maximum atomic E-state index is 11.9. The summed E-state index contributed by atoms with van der Waals surface area (Å²) in [5, 5.41) is 11.0. The van der Waals surface area contributed by atoms with Gasteiger partial charge < -0.3 is 9.73 Å². The monoisotopic (exact) mass is 322 g/mol. The third-order valence-electron chi connectivity index (χ3n) is 4.48. The van der Waals surface area contributed by atoms with Crippen LogP contribution in [0, 0.1) is 0 Å². The summed E-state index contributed by atoms with van der Waals surface area (Å²) in [6.45, 7) is 9.09. The van der Waals surface area contributed by atoms with Gasteiger partial charge in [0.15, 0.2) is 0 Å². The first-order chi connectivity index (χ1) is 11.1. The average molecular weight is 322 g/mol. The van der Waals surface area contributed by atoms with Crippen LogP contribution in [0.4, 0.5) is 0 Å². The topological polar surface area (TPSA) is 71.3 Å². The maximum Gasteiger partial charge on any atom is 0.220 e. The number of hydrogen-bond donors (Lipinski definition) is 1. The van der Waals surface area contributed by atoms with E-state index in [1.807, 2.05) is 13.8 Å². The Labute approximate surface area is 139 Å². The number of nitrogens with one attached hydrogen (secondary N) is 1. The van der Waals surface area contributed by atoms with E-state index in [0.29, 0.717) is 30.7 Å². The van der Waals surface area contributed by atoms with Crippen molar-refractivity contribution < 1.29 is 9.21 Å². The van der Waals surface area contributed by atoms with Crippen molar-refractivity contribution in [2.45, 2.75) is 71.3 Å². The van der Waals surface area contributed by atoms with Crippen LogP contribution in [-0.4, -0.2) is 46.7 Å². The minimum absolute atomic E-state index is 0.0550. The fraction of sp³-hybridized carbons (Fsp3) is 0.824. The number of carbonyl (C=O) groups excluding carboxylic acids is 1. The van der Waals surface area contributed by atoms with Gasteiger partial charge in [0.25, 0.3) is 0 Å². The summed E-state index contributed by atoms with van der Waals surface area (Å²) in [4.78, 5) is 14.4. The van der Waals surface area contributed by atoms with E-state index >= 15 is 0 Å². The number of hydrogen-bond acceptors (Lipinski definition) is 5. The lowest BCUT2D eigenvalue weighted by atomic mass is 10.0. The number of carbonyl (C=O) groups is 1. The molecule has 6 nitrogen and oxygen atoms in total. The van der Waals surface area contributed by atoms with E-state index in [-0.39, 0.29) is 11.8 Å². The number of nitrogens with zero attached hydrogens (tertiary/aromatic N) is 3. The molecule has 1 N–H and O–H groups in total. The molecule has 1 aromatic rings. The van der Waals surface area contributed by atoms with Crippen molar-refractivity contribution in [3.8, 4) is 0 Å². The van der Waals surface area contributed by atoms with E-state index < -0.39 is 0 Å². The second kappa shape index (κ2) is 9.01. The van der Waals surface area contributed by atoms with Gasteiger partial charge in [-0.05, 0) is 25.8 Å². The number of piperidine rings is 1. The Bertz CT molecular complexity index is 487. The molecule has 1 saturated heterocycles. The summed E-state index contributed by atoms with van der Waals surface area (Å²) in [5.74, 6) is 1.46. The molecule has 1 aliphatic heterocycles. The molecule has 1 atom stereocenters. The Balaban J connectivity index is 1.64. The summed E-state index contributed by atoms with van der Waals surface area (Å²) in [7, 11) is 0. The quantitative estimate of drug-likeness (QED) is 0.796. The smallest absolute Gasteiger partial charge is 0.220 e. The summed E-state index contributed by atoms with van der Waals surface area (Å²) in [5.41, 5.74) is 0. The van der Waals surface area contributed by atoms with E-state index in [4.69, 9.17) is 4.42 Å². The van der Waals surface area contributed by atoms with E-state index in [1.165, 1.54) is 25.7 Å². The Morgan fingerprint density at radius 2 is 2.22 bits per heavy atom. The average Bonchev–Trinajstić information content (AvgIpc) is 3.02. The minimum Gasteiger partial charge on any atom is -0.425 e. The van der Waals surface area contributed by atoms with Gasteiger partial charge in [0.05, 0.1) is 0 Å². The molecule has 23 heavy (non-hydrogen) atoms. The van der Waals surface area contributed by atoms with Crippen molar-refractivity contribution in [3.05, 3.63) is 11.8 Å². The number of likely N-dealkylation sites (tertiary alicyclic amines) is 1. The minimum atomic E-state index is 0.0550. The van der Waals surface area contributed by atoms with Gasteiger partial charge in [0.1, 0.15) is 0 Å². The first-order valence-corrected chi connectivity index (χ1v) is 8.93. The molecule has 0 radical (unpaired) electrons. The Morgan fingerprint density at radius 1 is 1.39 bits per heavy atom. The second-order valence-corrected chi connectivity index (χ2v) is 6.63. The van der Waals surface area contributed by atoms with Crippen molar-refractivity contribution in [1.82, 2.24) is 20.4 Å². The number of aromatic nitrogens is 2. The molecule has 1 fully saturated rings. The predicted molar refractivity (Wildman–Crippen MR) is 89.2 cm³/mol. The van der Waals surface area contributed by atoms with Crippen LogP contribution in [0.25, 0.3) is 0 Å². The molecule has 0 aliphatic carbocycles. The molecule has 0 unspecified atom stereocenters. The number of aryl methyl sites for hydroxylation is 1. The van der Waals surface area contributed by atoms with Crippen molar-refractivity contribution in [2.75, 3.05) is 19.6 Å². The molecule has 0 spiro atoms.